The van der Waals surface area contributed by atoms with Gasteiger partial charge in [0.2, 0.25) is 0 Å². The van der Waals surface area contributed by atoms with Gasteiger partial charge in [0, 0.05) is 33.4 Å². The standard InChI is InChI=1S/C29H22FN5O2/c1-15-18(3-2-4-23(15)35-29-21-8-6-17(30)12-24(21)32-14-33-29)19-9-10-22(28(31)37)27-26(19)20-7-5-16(13-36)11-25(20)34-27/h2-12,14,34,36H,13H2,1H3,(H2,31,37)(H,32,33,35). The Kier molecular flexibility index (Phi) is 5.31. The molecule has 182 valence electrons. The van der Waals surface area contributed by atoms with Gasteiger partial charge < -0.3 is 21.1 Å². The highest BCUT2D eigenvalue weighted by Crippen LogP contribution is 2.40. The van der Waals surface area contributed by atoms with Gasteiger partial charge in [0.25, 0.3) is 5.91 Å². The molecule has 37 heavy (non-hydrogen) atoms. The highest BCUT2D eigenvalue weighted by molar-refractivity contribution is 6.20. The summed E-state index contributed by atoms with van der Waals surface area (Å²) in [5.74, 6) is -0.309. The normalized spacial score (nSPS) is 11.4. The lowest BCUT2D eigenvalue weighted by Crippen LogP contribution is -2.11. The van der Waals surface area contributed by atoms with Gasteiger partial charge in [-0.1, -0.05) is 30.3 Å². The molecule has 0 aliphatic carbocycles. The van der Waals surface area contributed by atoms with Crippen LogP contribution in [0.25, 0.3) is 43.8 Å². The molecule has 1 amide bonds. The molecule has 0 fully saturated rings. The molecular weight excluding hydrogens is 469 g/mol. The number of carbonyl (C=O) groups excluding carboxylic acids is 1. The molecule has 5 N–H and O–H groups in total. The van der Waals surface area contributed by atoms with E-state index in [1.165, 1.54) is 18.5 Å². The first-order chi connectivity index (χ1) is 17.9. The van der Waals surface area contributed by atoms with Gasteiger partial charge in [0.15, 0.2) is 0 Å². The minimum atomic E-state index is -0.523. The first-order valence-corrected chi connectivity index (χ1v) is 11.7. The number of nitrogens with zero attached hydrogens (tertiary/aromatic N) is 2. The van der Waals surface area contributed by atoms with Gasteiger partial charge in [0.1, 0.15) is 18.0 Å². The van der Waals surface area contributed by atoms with E-state index in [9.17, 15) is 14.3 Å². The quantitative estimate of drug-likeness (QED) is 0.246. The predicted octanol–water partition coefficient (Wildman–Crippen LogP) is 5.71. The molecule has 0 aliphatic rings. The second-order valence-corrected chi connectivity index (χ2v) is 8.92. The molecule has 6 rings (SSSR count). The van der Waals surface area contributed by atoms with Gasteiger partial charge in [-0.15, -0.1) is 0 Å². The summed E-state index contributed by atoms with van der Waals surface area (Å²) in [6.07, 6.45) is 1.40. The maximum absolute atomic E-state index is 13.7. The topological polar surface area (TPSA) is 117 Å². The zero-order valence-corrected chi connectivity index (χ0v) is 19.8. The van der Waals surface area contributed by atoms with Crippen LogP contribution < -0.4 is 11.1 Å². The van der Waals surface area contributed by atoms with E-state index in [4.69, 9.17) is 5.73 Å². The first kappa shape index (κ1) is 22.6. The smallest absolute Gasteiger partial charge is 0.250 e. The Balaban J connectivity index is 1.54. The van der Waals surface area contributed by atoms with E-state index in [0.29, 0.717) is 27.8 Å². The van der Waals surface area contributed by atoms with Gasteiger partial charge in [-0.3, -0.25) is 4.79 Å². The number of hydrogen-bond acceptors (Lipinski definition) is 5. The zero-order valence-electron chi connectivity index (χ0n) is 19.8. The number of benzene rings is 4. The Labute approximate surface area is 210 Å². The number of H-pyrrole nitrogens is 1. The third-order valence-corrected chi connectivity index (χ3v) is 6.74. The van der Waals surface area contributed by atoms with Crippen molar-refractivity contribution in [2.24, 2.45) is 5.73 Å². The number of aromatic nitrogens is 3. The molecule has 0 unspecified atom stereocenters. The van der Waals surface area contributed by atoms with Crippen molar-refractivity contribution < 1.29 is 14.3 Å². The van der Waals surface area contributed by atoms with E-state index in [1.54, 1.807) is 12.1 Å². The van der Waals surface area contributed by atoms with Crippen LogP contribution in [-0.4, -0.2) is 26.0 Å². The van der Waals surface area contributed by atoms with Crippen LogP contribution in [0.4, 0.5) is 15.9 Å². The van der Waals surface area contributed by atoms with Crippen LogP contribution in [0.5, 0.6) is 0 Å². The fraction of sp³-hybridized carbons (Fsp3) is 0.0690. The molecule has 0 bridgehead atoms. The lowest BCUT2D eigenvalue weighted by atomic mass is 9.93. The Morgan fingerprint density at radius 1 is 1.03 bits per heavy atom. The lowest BCUT2D eigenvalue weighted by molar-refractivity contribution is 0.100. The highest BCUT2D eigenvalue weighted by atomic mass is 19.1. The lowest BCUT2D eigenvalue weighted by Gasteiger charge is -2.15. The maximum Gasteiger partial charge on any atom is 0.250 e. The number of aliphatic hydroxyl groups is 1. The predicted molar refractivity (Wildman–Crippen MR) is 143 cm³/mol. The van der Waals surface area contributed by atoms with Crippen molar-refractivity contribution in [3.63, 3.8) is 0 Å². The number of anilines is 2. The summed E-state index contributed by atoms with van der Waals surface area (Å²) in [6.45, 7) is 1.92. The summed E-state index contributed by atoms with van der Waals surface area (Å²) in [6, 6.07) is 19.7. The van der Waals surface area contributed by atoms with E-state index in [1.807, 2.05) is 49.4 Å². The number of primary amides is 1. The molecule has 2 heterocycles. The number of carbonyl (C=O) groups is 1. The van der Waals surface area contributed by atoms with Crippen molar-refractivity contribution in [1.82, 2.24) is 15.0 Å². The van der Waals surface area contributed by atoms with Crippen molar-refractivity contribution in [3.05, 3.63) is 95.6 Å². The largest absolute Gasteiger partial charge is 0.392 e. The number of nitrogens with two attached hydrogens (primary N) is 1. The molecule has 6 aromatic rings. The Hall–Kier alpha value is -4.82. The molecule has 0 saturated carbocycles. The number of fused-ring (bicyclic) bond motifs is 4. The van der Waals surface area contributed by atoms with Crippen molar-refractivity contribution in [1.29, 1.82) is 0 Å². The first-order valence-electron chi connectivity index (χ1n) is 11.7. The summed E-state index contributed by atoms with van der Waals surface area (Å²) in [5.41, 5.74) is 12.5. The molecular formula is C29H22FN5O2. The van der Waals surface area contributed by atoms with Crippen LogP contribution in [0.2, 0.25) is 0 Å². The molecule has 0 saturated heterocycles. The van der Waals surface area contributed by atoms with Gasteiger partial charge >= 0.3 is 0 Å². The van der Waals surface area contributed by atoms with Crippen LogP contribution in [0.3, 0.4) is 0 Å². The number of hydrogen-bond donors (Lipinski definition) is 4. The second kappa shape index (κ2) is 8.69. The van der Waals surface area contributed by atoms with Crippen LogP contribution in [-0.2, 0) is 6.61 Å². The number of nitrogens with one attached hydrogen (secondary N) is 2. The summed E-state index contributed by atoms with van der Waals surface area (Å²) in [7, 11) is 0. The third-order valence-electron chi connectivity index (χ3n) is 6.74. The number of rotatable bonds is 5. The van der Waals surface area contributed by atoms with Gasteiger partial charge in [0.05, 0.1) is 23.2 Å². The highest BCUT2D eigenvalue weighted by Gasteiger charge is 2.19. The minimum Gasteiger partial charge on any atom is -0.392 e. The Morgan fingerprint density at radius 2 is 1.86 bits per heavy atom. The van der Waals surface area contributed by atoms with Crippen LogP contribution >= 0.6 is 0 Å². The fourth-order valence-electron chi connectivity index (χ4n) is 4.91. The summed E-state index contributed by atoms with van der Waals surface area (Å²) < 4.78 is 13.7. The van der Waals surface area contributed by atoms with Crippen molar-refractivity contribution >= 4 is 50.1 Å². The molecule has 0 spiro atoms. The molecule has 8 heteroatoms. The van der Waals surface area contributed by atoms with Gasteiger partial charge in [-0.2, -0.15) is 0 Å². The van der Waals surface area contributed by atoms with Crippen molar-refractivity contribution in [3.8, 4) is 11.1 Å². The SMILES string of the molecule is Cc1c(Nc2ncnc3cc(F)ccc23)cccc1-c1ccc(C(N)=O)c2[nH]c3cc(CO)ccc3c12. The fourth-order valence-corrected chi connectivity index (χ4v) is 4.91. The minimum absolute atomic E-state index is 0.0853. The number of halogens is 1. The molecule has 0 radical (unpaired) electrons. The van der Waals surface area contributed by atoms with E-state index in [0.717, 1.165) is 44.2 Å². The maximum atomic E-state index is 13.7. The van der Waals surface area contributed by atoms with E-state index >= 15 is 0 Å². The summed E-state index contributed by atoms with van der Waals surface area (Å²) in [4.78, 5) is 24.1. The van der Waals surface area contributed by atoms with Crippen LogP contribution in [0.1, 0.15) is 21.5 Å². The van der Waals surface area contributed by atoms with Crippen molar-refractivity contribution in [2.75, 3.05) is 5.32 Å². The van der Waals surface area contributed by atoms with E-state index in [2.05, 4.69) is 20.3 Å². The average molecular weight is 492 g/mol. The molecule has 2 aromatic heterocycles. The Bertz CT molecular complexity index is 1860. The summed E-state index contributed by atoms with van der Waals surface area (Å²) >= 11 is 0. The van der Waals surface area contributed by atoms with E-state index < -0.39 is 5.91 Å². The average Bonchev–Trinajstić information content (AvgIpc) is 3.28. The monoisotopic (exact) mass is 491 g/mol. The van der Waals surface area contributed by atoms with Crippen molar-refractivity contribution in [2.45, 2.75) is 13.5 Å². The zero-order chi connectivity index (χ0) is 25.7. The number of aromatic amines is 1. The van der Waals surface area contributed by atoms with Gasteiger partial charge in [-0.25, -0.2) is 14.4 Å². The van der Waals surface area contributed by atoms with Crippen LogP contribution in [0, 0.1) is 12.7 Å². The van der Waals surface area contributed by atoms with Gasteiger partial charge in [-0.05, 0) is 59.5 Å². The third kappa shape index (κ3) is 3.75. The number of aliphatic hydroxyl groups excluding tert-OH is 1. The molecule has 7 nitrogen and oxygen atoms in total. The van der Waals surface area contributed by atoms with Crippen LogP contribution in [0.15, 0.2) is 73.1 Å². The number of amides is 1. The van der Waals surface area contributed by atoms with E-state index in [-0.39, 0.29) is 12.4 Å². The second-order valence-electron chi connectivity index (χ2n) is 8.92. The Morgan fingerprint density at radius 3 is 2.68 bits per heavy atom. The molecule has 0 aliphatic heterocycles. The summed E-state index contributed by atoms with van der Waals surface area (Å²) in [5, 5.41) is 15.5. The molecule has 4 aromatic carbocycles. The molecule has 0 atom stereocenters.